The molecule has 0 amide bonds. The van der Waals surface area contributed by atoms with E-state index in [0.717, 1.165) is 12.1 Å². The second-order valence-electron chi connectivity index (χ2n) is 15.3. The van der Waals surface area contributed by atoms with Crippen LogP contribution in [0.3, 0.4) is 0 Å². The van der Waals surface area contributed by atoms with E-state index in [0.29, 0.717) is 17.9 Å². The molecular formula is C40H51Cl3K2N4O17S2. The number of halogens is 3. The van der Waals surface area contributed by atoms with Crippen molar-refractivity contribution in [1.82, 2.24) is 0 Å². The zero-order chi connectivity index (χ0) is 50.5. The molecule has 0 aliphatic carbocycles. The number of hydrogen-bond donors (Lipinski definition) is 5. The summed E-state index contributed by atoms with van der Waals surface area (Å²) in [5, 5.41) is 33.2. The Balaban J connectivity index is -0.000000989. The first kappa shape index (κ1) is 68.0. The first-order valence-corrected chi connectivity index (χ1v) is 23.2. The molecule has 0 atom stereocenters. The number of anilines is 2. The second kappa shape index (κ2) is 32.8. The molecule has 2 aromatic carbocycles. The number of sulfonamides is 2. The van der Waals surface area contributed by atoms with E-state index in [9.17, 15) is 36.0 Å². The Morgan fingerprint density at radius 2 is 1.21 bits per heavy atom. The zero-order valence-corrected chi connectivity index (χ0v) is 48.5. The minimum atomic E-state index is -4.16. The number of rotatable bonds is 17. The first-order chi connectivity index (χ1) is 30.5. The van der Waals surface area contributed by atoms with Crippen molar-refractivity contribution in [3.63, 3.8) is 0 Å². The van der Waals surface area contributed by atoms with Gasteiger partial charge in [0, 0.05) is 6.42 Å². The summed E-state index contributed by atoms with van der Waals surface area (Å²) in [6.07, 6.45) is 3.67. The van der Waals surface area contributed by atoms with Crippen LogP contribution in [0.1, 0.15) is 88.0 Å². The van der Waals surface area contributed by atoms with Crippen molar-refractivity contribution < 1.29 is 183 Å². The fraction of sp³-hybridized carbons (Fsp3) is 0.375. The van der Waals surface area contributed by atoms with Crippen molar-refractivity contribution in [2.75, 3.05) is 29.9 Å². The number of carbonyl (C=O) groups excluding carboxylic acids is 4. The van der Waals surface area contributed by atoms with Gasteiger partial charge in [-0.25, -0.2) is 36.7 Å². The molecule has 28 heteroatoms. The van der Waals surface area contributed by atoms with Gasteiger partial charge in [-0.05, 0) is 74.7 Å². The van der Waals surface area contributed by atoms with Gasteiger partial charge in [-0.1, -0.05) is 55.6 Å². The minimum Gasteiger partial charge on any atom is -1.00 e. The van der Waals surface area contributed by atoms with Crippen molar-refractivity contribution >= 4 is 96.6 Å². The third kappa shape index (κ3) is 26.9. The summed E-state index contributed by atoms with van der Waals surface area (Å²) in [4.78, 5) is 56.7. The van der Waals surface area contributed by atoms with Crippen molar-refractivity contribution in [3.8, 4) is 0 Å². The quantitative estimate of drug-likeness (QED) is 0.0135. The molecule has 21 nitrogen and oxygen atoms in total. The normalized spacial score (nSPS) is 10.8. The molecular weight excluding hydrogens is 1060 g/mol. The van der Waals surface area contributed by atoms with Crippen LogP contribution in [0.25, 0.3) is 0 Å². The number of alkyl halides is 1. The monoisotopic (exact) mass is 1110 g/mol. The first-order valence-electron chi connectivity index (χ1n) is 18.8. The molecule has 0 fully saturated rings. The molecule has 0 spiro atoms. The van der Waals surface area contributed by atoms with Crippen LogP contribution in [-0.2, 0) is 66.6 Å². The predicted octanol–water partition coefficient (Wildman–Crippen LogP) is -0.0633. The maximum Gasteiger partial charge on any atom is 1.00 e. The maximum atomic E-state index is 12.6. The van der Waals surface area contributed by atoms with Crippen LogP contribution < -0.4 is 129 Å². The van der Waals surface area contributed by atoms with Crippen LogP contribution in [0.4, 0.5) is 11.4 Å². The van der Waals surface area contributed by atoms with E-state index < -0.39 is 47.2 Å². The molecule has 68 heavy (non-hydrogen) atoms. The van der Waals surface area contributed by atoms with Crippen LogP contribution in [-0.4, -0.2) is 71.6 Å². The summed E-state index contributed by atoms with van der Waals surface area (Å²) in [5.41, 5.74) is -0.544. The molecule has 0 aliphatic rings. The van der Waals surface area contributed by atoms with E-state index in [1.165, 1.54) is 24.7 Å². The number of esters is 3. The third-order valence-electron chi connectivity index (χ3n) is 7.57. The Morgan fingerprint density at radius 3 is 1.56 bits per heavy atom. The number of hydrogen-bond acceptors (Lipinski definition) is 18. The van der Waals surface area contributed by atoms with Crippen molar-refractivity contribution in [1.29, 1.82) is 0 Å². The Kier molecular flexibility index (Phi) is 32.7. The summed E-state index contributed by atoms with van der Waals surface area (Å²) in [7, 11) is -8.27. The molecule has 4 aromatic rings. The second-order valence-corrected chi connectivity index (χ2v) is 19.4. The van der Waals surface area contributed by atoms with Gasteiger partial charge < -0.3 is 50.4 Å². The molecule has 2 heterocycles. The zero-order valence-electron chi connectivity index (χ0n) is 39.4. The van der Waals surface area contributed by atoms with Crippen LogP contribution in [0.5, 0.6) is 0 Å². The number of primary sulfonamides is 2. The third-order valence-corrected chi connectivity index (χ3v) is 10.4. The molecule has 0 aliphatic heterocycles. The molecule has 0 bridgehead atoms. The van der Waals surface area contributed by atoms with Gasteiger partial charge >= 0.3 is 127 Å². The predicted molar refractivity (Wildman–Crippen MR) is 239 cm³/mol. The van der Waals surface area contributed by atoms with E-state index in [1.54, 1.807) is 45.0 Å². The minimum absolute atomic E-state index is 0. The molecule has 0 saturated heterocycles. The number of nitrogens with two attached hydrogens (primary N) is 2. The van der Waals surface area contributed by atoms with Gasteiger partial charge in [-0.15, -0.1) is 0 Å². The number of furan rings is 2. The van der Waals surface area contributed by atoms with Gasteiger partial charge in [0.05, 0.1) is 83.2 Å². The average molecular weight is 1110 g/mol. The van der Waals surface area contributed by atoms with E-state index in [1.807, 2.05) is 20.8 Å². The molecule has 7 N–H and O–H groups in total. The fourth-order valence-corrected chi connectivity index (χ4v) is 6.92. The van der Waals surface area contributed by atoms with Gasteiger partial charge in [0.1, 0.15) is 21.3 Å². The molecule has 2 aromatic heterocycles. The van der Waals surface area contributed by atoms with E-state index in [4.69, 9.17) is 78.5 Å². The number of carbonyl (C=O) groups is 5. The van der Waals surface area contributed by atoms with E-state index in [2.05, 4.69) is 20.3 Å². The van der Waals surface area contributed by atoms with Crippen LogP contribution in [0.15, 0.2) is 79.7 Å². The summed E-state index contributed by atoms with van der Waals surface area (Å²) in [5.74, 6) is -1.52. The van der Waals surface area contributed by atoms with E-state index in [-0.39, 0.29) is 199 Å². The smallest absolute Gasteiger partial charge is 1.00 e. The molecule has 0 saturated carbocycles. The topological polar surface area (TPSA) is 336 Å². The number of aromatic carboxylic acids is 1. The Hall–Kier alpha value is -2.13. The summed E-state index contributed by atoms with van der Waals surface area (Å²) >= 11 is 17.1. The van der Waals surface area contributed by atoms with Gasteiger partial charge in [-0.2, -0.15) is 0 Å². The van der Waals surface area contributed by atoms with E-state index >= 15 is 0 Å². The number of carboxylic acid groups (broad SMARTS) is 1. The van der Waals surface area contributed by atoms with Gasteiger partial charge in [0.15, 0.2) is 6.07 Å². The number of carboxylic acids is 1. The SMILES string of the molecule is CC(C)(C)C(=O)OCCCOC(=O)c1cc(S(N)(=O)=O)c(Cl)cc1NCc1ccco1.CC(C)(C)CC(=O)OCCl.NS(=O)(=O)c1cc(C(=O)O)c(NCc2ccco2)cc1Cl.O=CO[O-].[H-].[K+].[K+]. The molecule has 4 rings (SSSR count). The van der Waals surface area contributed by atoms with Gasteiger partial charge in [-0.3, -0.25) is 14.4 Å². The van der Waals surface area contributed by atoms with Crippen LogP contribution in [0, 0.1) is 10.8 Å². The average Bonchev–Trinajstić information content (AvgIpc) is 3.93. The van der Waals surface area contributed by atoms with Gasteiger partial charge in [0.2, 0.25) is 20.0 Å². The summed E-state index contributed by atoms with van der Waals surface area (Å²) < 4.78 is 71.5. The fourth-order valence-electron chi connectivity index (χ4n) is 4.60. The number of nitrogens with one attached hydrogen (secondary N) is 2. The van der Waals surface area contributed by atoms with Crippen LogP contribution >= 0.6 is 34.8 Å². The Morgan fingerprint density at radius 1 is 0.779 bits per heavy atom. The largest absolute Gasteiger partial charge is 1.00 e. The van der Waals surface area contributed by atoms with Crippen LogP contribution in [0.2, 0.25) is 10.0 Å². The molecule has 0 radical (unpaired) electrons. The Bertz CT molecular complexity index is 2460. The number of ether oxygens (including phenoxy) is 3. The van der Waals surface area contributed by atoms with Gasteiger partial charge in [0.25, 0.3) is 6.47 Å². The molecule has 0 unspecified atom stereocenters. The Labute approximate surface area is 495 Å². The summed E-state index contributed by atoms with van der Waals surface area (Å²) in [6.45, 7) is 11.4. The molecule has 368 valence electrons. The van der Waals surface area contributed by atoms with Crippen molar-refractivity contribution in [3.05, 3.63) is 93.7 Å². The van der Waals surface area contributed by atoms with Crippen molar-refractivity contribution in [2.24, 2.45) is 21.1 Å². The number of benzene rings is 2. The maximum absolute atomic E-state index is 12.6. The summed E-state index contributed by atoms with van der Waals surface area (Å²) in [6, 6.07) is 11.2. The standard InChI is InChI=1S/C20H25ClN2O7S.C12H11ClN2O5S.C7H13ClO2.CH2O3.2K.H/c1-20(2,3)19(25)30-9-5-8-29-18(24)14-10-17(31(22,26)27)15(21)11-16(14)23-12-13-6-4-7-28-13;13-9-5-10(15-6-7-2-1-3-20-7)8(12(16)17)4-11(9)21(14,18)19;1-7(2,3)4-6(9)10-5-8;2-1-4-3;;;/h4,6-7,10-11,23H,5,8-9,12H2,1-3H3,(H2,22,26,27);1-5,15H,6H2,(H,16,17)(H2,14,18,19);4-5H2,1-3H3;1,3H;;;/q;;;;2*+1;-1/p-1. The van der Waals surface area contributed by atoms with Crippen molar-refractivity contribution in [2.45, 2.75) is 77.3 Å².